The highest BCUT2D eigenvalue weighted by atomic mass is 32.1. The highest BCUT2D eigenvalue weighted by molar-refractivity contribution is 7.03. The molecule has 72 valence electrons. The molecule has 0 aliphatic carbocycles. The lowest BCUT2D eigenvalue weighted by atomic mass is 10.1. The van der Waals surface area contributed by atoms with Crippen LogP contribution in [0.25, 0.3) is 11.1 Å². The summed E-state index contributed by atoms with van der Waals surface area (Å²) in [5.74, 6) is 0. The summed E-state index contributed by atoms with van der Waals surface area (Å²) in [6, 6.07) is 8.56. The summed E-state index contributed by atoms with van der Waals surface area (Å²) in [5, 5.41) is 5.19. The minimum absolute atomic E-state index is 0.919. The molecule has 0 saturated carbocycles. The highest BCUT2D eigenvalue weighted by Gasteiger charge is 1.98. The predicted octanol–water partition coefficient (Wildman–Crippen LogP) is 2.53. The van der Waals surface area contributed by atoms with Gasteiger partial charge in [-0.25, -0.2) is 4.37 Å². The highest BCUT2D eigenvalue weighted by Crippen LogP contribution is 2.20. The fourth-order valence-corrected chi connectivity index (χ4v) is 1.91. The summed E-state index contributed by atoms with van der Waals surface area (Å²) >= 11 is 1.49. The van der Waals surface area contributed by atoms with Crippen molar-refractivity contribution in [3.8, 4) is 11.1 Å². The molecule has 0 amide bonds. The van der Waals surface area contributed by atoms with Gasteiger partial charge in [-0.1, -0.05) is 24.3 Å². The molecule has 0 radical (unpaired) electrons. The van der Waals surface area contributed by atoms with Crippen LogP contribution < -0.4 is 5.32 Å². The summed E-state index contributed by atoms with van der Waals surface area (Å²) < 4.78 is 4.09. The minimum Gasteiger partial charge on any atom is -0.316 e. The second kappa shape index (κ2) is 4.35. The second-order valence-electron chi connectivity index (χ2n) is 3.14. The maximum Gasteiger partial charge on any atom is 0.0485 e. The van der Waals surface area contributed by atoms with Crippen molar-refractivity contribution in [2.45, 2.75) is 6.54 Å². The van der Waals surface area contributed by atoms with Crippen LogP contribution in [0, 0.1) is 0 Å². The molecule has 0 saturated heterocycles. The normalized spacial score (nSPS) is 10.4. The van der Waals surface area contributed by atoms with E-state index in [2.05, 4.69) is 39.3 Å². The Kier molecular flexibility index (Phi) is 2.91. The monoisotopic (exact) mass is 204 g/mol. The zero-order valence-corrected chi connectivity index (χ0v) is 8.84. The number of nitrogens with zero attached hydrogens (tertiary/aromatic N) is 1. The van der Waals surface area contributed by atoms with Crippen LogP contribution in [0.2, 0.25) is 0 Å². The van der Waals surface area contributed by atoms with E-state index in [1.54, 1.807) is 0 Å². The average Bonchev–Trinajstić information content (AvgIpc) is 2.72. The van der Waals surface area contributed by atoms with Gasteiger partial charge in [0.1, 0.15) is 0 Å². The molecular weight excluding hydrogens is 192 g/mol. The van der Waals surface area contributed by atoms with Gasteiger partial charge in [-0.05, 0) is 29.7 Å². The van der Waals surface area contributed by atoms with Gasteiger partial charge in [0, 0.05) is 23.7 Å². The van der Waals surface area contributed by atoms with Gasteiger partial charge in [-0.3, -0.25) is 0 Å². The first-order valence-corrected chi connectivity index (χ1v) is 5.37. The smallest absolute Gasteiger partial charge is 0.0485 e. The number of aromatic nitrogens is 1. The molecule has 14 heavy (non-hydrogen) atoms. The van der Waals surface area contributed by atoms with Crippen LogP contribution in [-0.2, 0) is 6.54 Å². The van der Waals surface area contributed by atoms with E-state index in [-0.39, 0.29) is 0 Å². The van der Waals surface area contributed by atoms with E-state index in [9.17, 15) is 0 Å². The molecule has 0 aliphatic rings. The molecule has 0 aliphatic heterocycles. The lowest BCUT2D eigenvalue weighted by Crippen LogP contribution is -2.04. The molecular formula is C11H12N2S. The van der Waals surface area contributed by atoms with Crippen molar-refractivity contribution in [2.75, 3.05) is 7.05 Å². The molecule has 1 aromatic heterocycles. The van der Waals surface area contributed by atoms with Gasteiger partial charge in [-0.2, -0.15) is 0 Å². The van der Waals surface area contributed by atoms with Crippen LogP contribution in [-0.4, -0.2) is 11.4 Å². The summed E-state index contributed by atoms with van der Waals surface area (Å²) in [7, 11) is 1.96. The Balaban J connectivity index is 2.22. The number of nitrogens with one attached hydrogen (secondary N) is 1. The maximum atomic E-state index is 4.09. The molecule has 2 nitrogen and oxygen atoms in total. The first-order valence-electron chi connectivity index (χ1n) is 4.53. The first-order chi connectivity index (χ1) is 6.90. The van der Waals surface area contributed by atoms with Crippen LogP contribution >= 0.6 is 11.5 Å². The van der Waals surface area contributed by atoms with E-state index in [0.29, 0.717) is 0 Å². The molecule has 2 aromatic rings. The molecule has 1 heterocycles. The molecule has 3 heteroatoms. The quantitative estimate of drug-likeness (QED) is 0.831. The molecule has 0 bridgehead atoms. The van der Waals surface area contributed by atoms with Gasteiger partial charge in [0.25, 0.3) is 0 Å². The largest absolute Gasteiger partial charge is 0.316 e. The van der Waals surface area contributed by atoms with Gasteiger partial charge in [-0.15, -0.1) is 0 Å². The third-order valence-electron chi connectivity index (χ3n) is 2.10. The summed E-state index contributed by atoms with van der Waals surface area (Å²) in [6.45, 7) is 0.919. The van der Waals surface area contributed by atoms with E-state index >= 15 is 0 Å². The lowest BCUT2D eigenvalue weighted by molar-refractivity contribution is 0.818. The van der Waals surface area contributed by atoms with E-state index in [1.807, 2.05) is 13.2 Å². The third-order valence-corrected chi connectivity index (χ3v) is 2.69. The van der Waals surface area contributed by atoms with Crippen molar-refractivity contribution < 1.29 is 0 Å². The van der Waals surface area contributed by atoms with E-state index in [4.69, 9.17) is 0 Å². The van der Waals surface area contributed by atoms with Crippen molar-refractivity contribution in [1.29, 1.82) is 0 Å². The maximum absolute atomic E-state index is 4.09. The molecule has 0 spiro atoms. The SMILES string of the molecule is CNCc1ccc(-c2cnsc2)cc1. The van der Waals surface area contributed by atoms with E-state index in [0.717, 1.165) is 6.54 Å². The Morgan fingerprint density at radius 1 is 1.21 bits per heavy atom. The molecule has 0 atom stereocenters. The van der Waals surface area contributed by atoms with Gasteiger partial charge >= 0.3 is 0 Å². The Labute approximate surface area is 87.8 Å². The van der Waals surface area contributed by atoms with Crippen molar-refractivity contribution in [2.24, 2.45) is 0 Å². The van der Waals surface area contributed by atoms with Gasteiger partial charge in [0.2, 0.25) is 0 Å². The zero-order chi connectivity index (χ0) is 9.80. The Morgan fingerprint density at radius 2 is 2.00 bits per heavy atom. The first kappa shape index (κ1) is 9.37. The summed E-state index contributed by atoms with van der Waals surface area (Å²) in [6.07, 6.45) is 1.90. The second-order valence-corrected chi connectivity index (χ2v) is 3.80. The standard InChI is InChI=1S/C11H12N2S/c1-12-6-9-2-4-10(5-3-9)11-7-13-14-8-11/h2-5,7-8,12H,6H2,1H3. The Morgan fingerprint density at radius 3 is 2.57 bits per heavy atom. The topological polar surface area (TPSA) is 24.9 Å². The van der Waals surface area contributed by atoms with Crippen LogP contribution in [0.5, 0.6) is 0 Å². The van der Waals surface area contributed by atoms with Crippen molar-refractivity contribution in [3.63, 3.8) is 0 Å². The summed E-state index contributed by atoms with van der Waals surface area (Å²) in [4.78, 5) is 0. The molecule has 2 rings (SSSR count). The van der Waals surface area contributed by atoms with Crippen LogP contribution in [0.4, 0.5) is 0 Å². The van der Waals surface area contributed by atoms with Crippen LogP contribution in [0.15, 0.2) is 35.8 Å². The average molecular weight is 204 g/mol. The number of hydrogen-bond acceptors (Lipinski definition) is 3. The number of hydrogen-bond donors (Lipinski definition) is 1. The molecule has 1 N–H and O–H groups in total. The Hall–Kier alpha value is -1.19. The molecule has 0 fully saturated rings. The van der Waals surface area contributed by atoms with Crippen molar-refractivity contribution in [3.05, 3.63) is 41.4 Å². The van der Waals surface area contributed by atoms with Gasteiger partial charge in [0.05, 0.1) is 0 Å². The fourth-order valence-electron chi connectivity index (χ4n) is 1.37. The summed E-state index contributed by atoms with van der Waals surface area (Å²) in [5.41, 5.74) is 3.74. The number of rotatable bonds is 3. The van der Waals surface area contributed by atoms with Crippen LogP contribution in [0.1, 0.15) is 5.56 Å². The molecule has 0 unspecified atom stereocenters. The molecule has 1 aromatic carbocycles. The minimum atomic E-state index is 0.919. The van der Waals surface area contributed by atoms with Gasteiger partial charge < -0.3 is 5.32 Å². The predicted molar refractivity (Wildman–Crippen MR) is 60.3 cm³/mol. The lowest BCUT2D eigenvalue weighted by Gasteiger charge is -2.01. The number of benzene rings is 1. The van der Waals surface area contributed by atoms with Gasteiger partial charge in [0.15, 0.2) is 0 Å². The third kappa shape index (κ3) is 2.00. The van der Waals surface area contributed by atoms with Crippen molar-refractivity contribution in [1.82, 2.24) is 9.69 Å². The van der Waals surface area contributed by atoms with E-state index < -0.39 is 0 Å². The fraction of sp³-hybridized carbons (Fsp3) is 0.182. The zero-order valence-electron chi connectivity index (χ0n) is 8.03. The van der Waals surface area contributed by atoms with E-state index in [1.165, 1.54) is 28.2 Å². The van der Waals surface area contributed by atoms with Crippen LogP contribution in [0.3, 0.4) is 0 Å². The Bertz CT molecular complexity index is 378. The van der Waals surface area contributed by atoms with Crippen molar-refractivity contribution >= 4 is 11.5 Å².